The molecule has 0 bridgehead atoms. The minimum Gasteiger partial charge on any atom is -0.493 e. The lowest BCUT2D eigenvalue weighted by Gasteiger charge is -2.19. The summed E-state index contributed by atoms with van der Waals surface area (Å²) in [5.74, 6) is 1.20. The van der Waals surface area contributed by atoms with Crippen LogP contribution in [0.4, 0.5) is 0 Å². The Balaban J connectivity index is 2.11. The Kier molecular flexibility index (Phi) is 4.86. The summed E-state index contributed by atoms with van der Waals surface area (Å²) in [6.45, 7) is 7.00. The van der Waals surface area contributed by atoms with E-state index in [1.165, 1.54) is 5.56 Å². The van der Waals surface area contributed by atoms with Crippen LogP contribution in [0.1, 0.15) is 42.3 Å². The van der Waals surface area contributed by atoms with E-state index in [1.54, 1.807) is 25.3 Å². The van der Waals surface area contributed by atoms with Crippen LogP contribution in [0.25, 0.3) is 0 Å². The van der Waals surface area contributed by atoms with Gasteiger partial charge in [-0.15, -0.1) is 0 Å². The van der Waals surface area contributed by atoms with Gasteiger partial charge in [-0.3, -0.25) is 4.79 Å². The summed E-state index contributed by atoms with van der Waals surface area (Å²) in [7, 11) is 1.58. The second kappa shape index (κ2) is 6.65. The fraction of sp³-hybridized carbons (Fsp3) is 0.316. The van der Waals surface area contributed by atoms with E-state index in [1.807, 2.05) is 0 Å². The Bertz CT molecular complexity index is 637. The minimum absolute atomic E-state index is 0.140. The highest BCUT2D eigenvalue weighted by Gasteiger charge is 2.13. The molecule has 0 aliphatic carbocycles. The second-order valence-electron chi connectivity index (χ2n) is 6.26. The predicted molar refractivity (Wildman–Crippen MR) is 87.9 cm³/mol. The predicted octanol–water partition coefficient (Wildman–Crippen LogP) is 4.38. The van der Waals surface area contributed by atoms with Gasteiger partial charge in [-0.25, -0.2) is 0 Å². The van der Waals surface area contributed by atoms with E-state index in [-0.39, 0.29) is 5.41 Å². The normalized spacial score (nSPS) is 11.1. The van der Waals surface area contributed by atoms with Crippen molar-refractivity contribution in [2.45, 2.75) is 32.8 Å². The number of ether oxygens (including phenoxy) is 2. The number of hydrogen-bond acceptors (Lipinski definition) is 3. The van der Waals surface area contributed by atoms with Crippen molar-refractivity contribution in [3.05, 3.63) is 59.2 Å². The van der Waals surface area contributed by atoms with E-state index in [0.717, 1.165) is 11.8 Å². The minimum atomic E-state index is 0.140. The quantitative estimate of drug-likeness (QED) is 0.768. The van der Waals surface area contributed by atoms with Gasteiger partial charge in [0, 0.05) is 5.56 Å². The van der Waals surface area contributed by atoms with Crippen LogP contribution in [0.5, 0.6) is 11.5 Å². The van der Waals surface area contributed by atoms with Gasteiger partial charge in [0.1, 0.15) is 12.9 Å². The van der Waals surface area contributed by atoms with Gasteiger partial charge >= 0.3 is 0 Å². The highest BCUT2D eigenvalue weighted by molar-refractivity contribution is 5.76. The molecule has 0 saturated carbocycles. The monoisotopic (exact) mass is 298 g/mol. The average molecular weight is 298 g/mol. The van der Waals surface area contributed by atoms with Crippen molar-refractivity contribution in [1.82, 2.24) is 0 Å². The summed E-state index contributed by atoms with van der Waals surface area (Å²) in [6.07, 6.45) is 0.796. The number of rotatable bonds is 5. The Morgan fingerprint density at radius 1 is 1.00 bits per heavy atom. The summed E-state index contributed by atoms with van der Waals surface area (Å²) in [6, 6.07) is 13.5. The van der Waals surface area contributed by atoms with Gasteiger partial charge in [0.05, 0.1) is 7.11 Å². The van der Waals surface area contributed by atoms with Crippen molar-refractivity contribution < 1.29 is 14.3 Å². The maximum atomic E-state index is 10.9. The van der Waals surface area contributed by atoms with Crippen molar-refractivity contribution in [2.75, 3.05) is 7.11 Å². The van der Waals surface area contributed by atoms with Gasteiger partial charge in [-0.05, 0) is 34.7 Å². The van der Waals surface area contributed by atoms with Gasteiger partial charge in [0.2, 0.25) is 0 Å². The third-order valence-electron chi connectivity index (χ3n) is 3.54. The topological polar surface area (TPSA) is 35.5 Å². The third-order valence-corrected chi connectivity index (χ3v) is 3.54. The van der Waals surface area contributed by atoms with Gasteiger partial charge in [-0.1, -0.05) is 45.0 Å². The fourth-order valence-corrected chi connectivity index (χ4v) is 2.14. The molecule has 3 heteroatoms. The molecule has 0 saturated heterocycles. The maximum absolute atomic E-state index is 10.9. The molecule has 0 fully saturated rings. The first kappa shape index (κ1) is 16.1. The highest BCUT2D eigenvalue weighted by atomic mass is 16.5. The Morgan fingerprint density at radius 2 is 1.68 bits per heavy atom. The van der Waals surface area contributed by atoms with Gasteiger partial charge in [0.25, 0.3) is 0 Å². The molecular formula is C19H22O3. The molecule has 0 aliphatic rings. The molecule has 0 spiro atoms. The number of methoxy groups -OCH3 is 1. The molecule has 0 unspecified atom stereocenters. The first-order chi connectivity index (χ1) is 10.4. The third kappa shape index (κ3) is 3.88. The van der Waals surface area contributed by atoms with Crippen LogP contribution >= 0.6 is 0 Å². The van der Waals surface area contributed by atoms with Crippen molar-refractivity contribution >= 4 is 6.29 Å². The van der Waals surface area contributed by atoms with E-state index in [4.69, 9.17) is 9.47 Å². The van der Waals surface area contributed by atoms with Gasteiger partial charge in [0.15, 0.2) is 11.5 Å². The van der Waals surface area contributed by atoms with Gasteiger partial charge in [-0.2, -0.15) is 0 Å². The van der Waals surface area contributed by atoms with Crippen molar-refractivity contribution in [1.29, 1.82) is 0 Å². The van der Waals surface area contributed by atoms with Crippen LogP contribution in [0.3, 0.4) is 0 Å². The van der Waals surface area contributed by atoms with Crippen molar-refractivity contribution in [2.24, 2.45) is 0 Å². The van der Waals surface area contributed by atoms with Crippen molar-refractivity contribution in [3.8, 4) is 11.5 Å². The first-order valence-electron chi connectivity index (χ1n) is 7.29. The summed E-state index contributed by atoms with van der Waals surface area (Å²) in [5.41, 5.74) is 3.07. The van der Waals surface area contributed by atoms with Crippen LogP contribution in [0.2, 0.25) is 0 Å². The molecule has 3 nitrogen and oxygen atoms in total. The standard InChI is InChI=1S/C19H22O3/c1-19(2,3)16-8-5-14(6-9-16)13-22-18-11-15(12-20)7-10-17(18)21-4/h5-12H,13H2,1-4H3. The molecule has 0 atom stereocenters. The second-order valence-corrected chi connectivity index (χ2v) is 6.26. The number of hydrogen-bond donors (Lipinski definition) is 0. The molecule has 116 valence electrons. The average Bonchev–Trinajstić information content (AvgIpc) is 2.52. The lowest BCUT2D eigenvalue weighted by atomic mass is 9.87. The van der Waals surface area contributed by atoms with E-state index in [0.29, 0.717) is 23.7 Å². The molecule has 0 heterocycles. The molecule has 0 N–H and O–H groups in total. The van der Waals surface area contributed by atoms with E-state index in [9.17, 15) is 4.79 Å². The fourth-order valence-electron chi connectivity index (χ4n) is 2.14. The summed E-state index contributed by atoms with van der Waals surface area (Å²) in [5, 5.41) is 0. The molecule has 0 radical (unpaired) electrons. The van der Waals surface area contributed by atoms with Crippen LogP contribution in [0, 0.1) is 0 Å². The smallest absolute Gasteiger partial charge is 0.162 e. The SMILES string of the molecule is COc1ccc(C=O)cc1OCc1ccc(C(C)(C)C)cc1. The largest absolute Gasteiger partial charge is 0.493 e. The highest BCUT2D eigenvalue weighted by Crippen LogP contribution is 2.29. The van der Waals surface area contributed by atoms with E-state index < -0.39 is 0 Å². The lowest BCUT2D eigenvalue weighted by Crippen LogP contribution is -2.10. The van der Waals surface area contributed by atoms with Crippen LogP contribution in [-0.2, 0) is 12.0 Å². The first-order valence-corrected chi connectivity index (χ1v) is 7.29. The molecule has 0 aromatic heterocycles. The van der Waals surface area contributed by atoms with Crippen molar-refractivity contribution in [3.63, 3.8) is 0 Å². The van der Waals surface area contributed by atoms with Crippen LogP contribution in [0.15, 0.2) is 42.5 Å². The number of carbonyl (C=O) groups is 1. The zero-order valence-corrected chi connectivity index (χ0v) is 13.6. The summed E-state index contributed by atoms with van der Waals surface area (Å²) >= 11 is 0. The molecule has 0 aliphatic heterocycles. The molecular weight excluding hydrogens is 276 g/mol. The Labute approximate surface area is 131 Å². The molecule has 2 aromatic rings. The molecule has 0 amide bonds. The number of carbonyl (C=O) groups excluding carboxylic acids is 1. The number of aldehydes is 1. The zero-order chi connectivity index (χ0) is 16.2. The van der Waals surface area contributed by atoms with E-state index >= 15 is 0 Å². The van der Waals surface area contributed by atoms with Crippen LogP contribution in [-0.4, -0.2) is 13.4 Å². The van der Waals surface area contributed by atoms with Gasteiger partial charge < -0.3 is 9.47 Å². The maximum Gasteiger partial charge on any atom is 0.162 e. The van der Waals surface area contributed by atoms with Crippen LogP contribution < -0.4 is 9.47 Å². The summed E-state index contributed by atoms with van der Waals surface area (Å²) < 4.78 is 11.1. The Morgan fingerprint density at radius 3 is 2.23 bits per heavy atom. The molecule has 22 heavy (non-hydrogen) atoms. The number of benzene rings is 2. The lowest BCUT2D eigenvalue weighted by molar-refractivity contribution is 0.112. The van der Waals surface area contributed by atoms with E-state index in [2.05, 4.69) is 45.0 Å². The zero-order valence-electron chi connectivity index (χ0n) is 13.6. The molecule has 2 aromatic carbocycles. The Hall–Kier alpha value is -2.29. The summed E-state index contributed by atoms with van der Waals surface area (Å²) in [4.78, 5) is 10.9. The molecule has 2 rings (SSSR count).